The molecule has 1 heterocycles. The minimum Gasteiger partial charge on any atom is -0.388 e. The molecule has 1 amide bonds. The molecule has 1 unspecified atom stereocenters. The molecule has 1 aromatic heterocycles. The molecule has 21 heavy (non-hydrogen) atoms. The maximum absolute atomic E-state index is 11.7. The number of benzene rings is 1. The minimum absolute atomic E-state index is 0.00585. The third-order valence-corrected chi connectivity index (χ3v) is 4.97. The van der Waals surface area contributed by atoms with Crippen molar-refractivity contribution < 1.29 is 9.90 Å². The first-order valence-electron chi connectivity index (χ1n) is 6.78. The van der Waals surface area contributed by atoms with Crippen LogP contribution in [0.3, 0.4) is 0 Å². The summed E-state index contributed by atoms with van der Waals surface area (Å²) in [5.74, 6) is 0.899. The molecule has 0 fully saturated rings. The second-order valence-electron chi connectivity index (χ2n) is 4.73. The zero-order valence-electron chi connectivity index (χ0n) is 11.9. The summed E-state index contributed by atoms with van der Waals surface area (Å²) >= 11 is 3.14. The van der Waals surface area contributed by atoms with Crippen LogP contribution in [-0.2, 0) is 11.3 Å². The molecule has 2 N–H and O–H groups in total. The Hall–Kier alpha value is -1.30. The van der Waals surface area contributed by atoms with Crippen LogP contribution < -0.4 is 5.32 Å². The van der Waals surface area contributed by atoms with Crippen LogP contribution in [0.1, 0.15) is 21.4 Å². The van der Waals surface area contributed by atoms with Crippen molar-refractivity contribution in [2.75, 3.05) is 11.5 Å². The van der Waals surface area contributed by atoms with E-state index in [-0.39, 0.29) is 5.91 Å². The van der Waals surface area contributed by atoms with Gasteiger partial charge in [0, 0.05) is 15.5 Å². The SMILES string of the molecule is Cc1ccc(CNC(=O)CSCC(O)c2ccccc2)s1. The summed E-state index contributed by atoms with van der Waals surface area (Å²) in [5.41, 5.74) is 0.888. The second kappa shape index (κ2) is 8.22. The van der Waals surface area contributed by atoms with Crippen molar-refractivity contribution in [3.63, 3.8) is 0 Å². The van der Waals surface area contributed by atoms with Gasteiger partial charge in [-0.2, -0.15) is 0 Å². The van der Waals surface area contributed by atoms with Gasteiger partial charge in [-0.05, 0) is 24.6 Å². The largest absolute Gasteiger partial charge is 0.388 e. The third kappa shape index (κ3) is 5.53. The van der Waals surface area contributed by atoms with Crippen LogP contribution in [0.2, 0.25) is 0 Å². The number of aliphatic hydroxyl groups is 1. The quantitative estimate of drug-likeness (QED) is 0.824. The molecule has 3 nitrogen and oxygen atoms in total. The van der Waals surface area contributed by atoms with Gasteiger partial charge in [-0.3, -0.25) is 4.79 Å². The van der Waals surface area contributed by atoms with Crippen molar-refractivity contribution in [2.45, 2.75) is 19.6 Å². The number of aliphatic hydroxyl groups excluding tert-OH is 1. The third-order valence-electron chi connectivity index (χ3n) is 2.95. The zero-order chi connectivity index (χ0) is 15.1. The monoisotopic (exact) mass is 321 g/mol. The van der Waals surface area contributed by atoms with Gasteiger partial charge in [0.25, 0.3) is 0 Å². The summed E-state index contributed by atoms with van der Waals surface area (Å²) in [7, 11) is 0. The molecule has 0 spiro atoms. The number of thiophene rings is 1. The summed E-state index contributed by atoms with van der Waals surface area (Å²) in [6.07, 6.45) is -0.524. The lowest BCUT2D eigenvalue weighted by Crippen LogP contribution is -2.24. The van der Waals surface area contributed by atoms with Crippen LogP contribution in [0.15, 0.2) is 42.5 Å². The highest BCUT2D eigenvalue weighted by molar-refractivity contribution is 7.99. The van der Waals surface area contributed by atoms with Crippen LogP contribution in [0.4, 0.5) is 0 Å². The van der Waals surface area contributed by atoms with Gasteiger partial charge in [0.1, 0.15) is 0 Å². The van der Waals surface area contributed by atoms with Crippen molar-refractivity contribution in [2.24, 2.45) is 0 Å². The fraction of sp³-hybridized carbons (Fsp3) is 0.312. The summed E-state index contributed by atoms with van der Waals surface area (Å²) < 4.78 is 0. The normalized spacial score (nSPS) is 12.1. The molecule has 0 aliphatic heterocycles. The average Bonchev–Trinajstić information content (AvgIpc) is 2.91. The average molecular weight is 321 g/mol. The topological polar surface area (TPSA) is 49.3 Å². The van der Waals surface area contributed by atoms with Crippen molar-refractivity contribution in [3.8, 4) is 0 Å². The highest BCUT2D eigenvalue weighted by atomic mass is 32.2. The van der Waals surface area contributed by atoms with Crippen molar-refractivity contribution in [1.82, 2.24) is 5.32 Å². The van der Waals surface area contributed by atoms with Crippen molar-refractivity contribution >= 4 is 29.0 Å². The molecule has 5 heteroatoms. The summed E-state index contributed by atoms with van der Waals surface area (Å²) in [4.78, 5) is 14.1. The number of hydrogen-bond acceptors (Lipinski definition) is 4. The van der Waals surface area contributed by atoms with Gasteiger partial charge in [0.2, 0.25) is 5.91 Å². The van der Waals surface area contributed by atoms with E-state index >= 15 is 0 Å². The Morgan fingerprint density at radius 3 is 2.71 bits per heavy atom. The maximum Gasteiger partial charge on any atom is 0.230 e. The maximum atomic E-state index is 11.7. The summed E-state index contributed by atoms with van der Waals surface area (Å²) in [5, 5.41) is 12.9. The zero-order valence-corrected chi connectivity index (χ0v) is 13.5. The van der Waals surface area contributed by atoms with Crippen molar-refractivity contribution in [3.05, 3.63) is 57.8 Å². The Kier molecular flexibility index (Phi) is 6.29. The standard InChI is InChI=1S/C16H19NO2S2/c1-12-7-8-14(21-12)9-17-16(19)11-20-10-15(18)13-5-3-2-4-6-13/h2-8,15,18H,9-11H2,1H3,(H,17,19). The van der Waals surface area contributed by atoms with Gasteiger partial charge >= 0.3 is 0 Å². The molecule has 1 aromatic carbocycles. The fourth-order valence-electron chi connectivity index (χ4n) is 1.85. The first-order chi connectivity index (χ1) is 10.1. The van der Waals surface area contributed by atoms with E-state index in [1.54, 1.807) is 11.3 Å². The second-order valence-corrected chi connectivity index (χ2v) is 7.13. The van der Waals surface area contributed by atoms with E-state index in [1.165, 1.54) is 16.6 Å². The lowest BCUT2D eigenvalue weighted by molar-refractivity contribution is -0.118. The number of aryl methyl sites for hydroxylation is 1. The van der Waals surface area contributed by atoms with Gasteiger partial charge in [0.05, 0.1) is 18.4 Å². The lowest BCUT2D eigenvalue weighted by atomic mass is 10.1. The summed E-state index contributed by atoms with van der Waals surface area (Å²) in [6.45, 7) is 2.63. The van der Waals surface area contributed by atoms with Crippen LogP contribution in [-0.4, -0.2) is 22.5 Å². The number of carbonyl (C=O) groups is 1. The molecule has 0 aliphatic carbocycles. The van der Waals surface area contributed by atoms with E-state index in [4.69, 9.17) is 0 Å². The van der Waals surface area contributed by atoms with Gasteiger partial charge < -0.3 is 10.4 Å². The number of amides is 1. The molecule has 0 saturated heterocycles. The predicted octanol–water partition coefficient (Wildman–Crippen LogP) is 3.14. The van der Waals surface area contributed by atoms with E-state index in [0.29, 0.717) is 18.1 Å². The fourth-order valence-corrected chi connectivity index (χ4v) is 3.50. The Bertz CT molecular complexity index is 569. The van der Waals surface area contributed by atoms with Gasteiger partial charge in [-0.1, -0.05) is 30.3 Å². The number of thioether (sulfide) groups is 1. The van der Waals surface area contributed by atoms with Crippen LogP contribution in [0, 0.1) is 6.92 Å². The molecule has 0 radical (unpaired) electrons. The van der Waals surface area contributed by atoms with Gasteiger partial charge in [-0.25, -0.2) is 0 Å². The number of hydrogen-bond donors (Lipinski definition) is 2. The summed E-state index contributed by atoms with van der Waals surface area (Å²) in [6, 6.07) is 13.6. The molecule has 112 valence electrons. The molecule has 0 aliphatic rings. The van der Waals surface area contributed by atoms with Crippen LogP contribution in [0.5, 0.6) is 0 Å². The van der Waals surface area contributed by atoms with Crippen LogP contribution >= 0.6 is 23.1 Å². The highest BCUT2D eigenvalue weighted by Crippen LogP contribution is 2.18. The molecule has 0 saturated carbocycles. The Labute approximate surface area is 133 Å². The number of rotatable bonds is 7. The molecule has 1 atom stereocenters. The molecule has 2 aromatic rings. The number of carbonyl (C=O) groups excluding carboxylic acids is 1. The lowest BCUT2D eigenvalue weighted by Gasteiger charge is -2.10. The van der Waals surface area contributed by atoms with E-state index in [2.05, 4.69) is 18.3 Å². The minimum atomic E-state index is -0.524. The molecular formula is C16H19NO2S2. The first kappa shape index (κ1) is 16.1. The Morgan fingerprint density at radius 2 is 2.05 bits per heavy atom. The van der Waals surface area contributed by atoms with E-state index < -0.39 is 6.10 Å². The first-order valence-corrected chi connectivity index (χ1v) is 8.75. The van der Waals surface area contributed by atoms with Gasteiger partial charge in [-0.15, -0.1) is 23.1 Å². The molecule has 0 bridgehead atoms. The van der Waals surface area contributed by atoms with E-state index in [1.807, 2.05) is 36.4 Å². The molecule has 2 rings (SSSR count). The van der Waals surface area contributed by atoms with E-state index in [0.717, 1.165) is 10.4 Å². The number of nitrogens with one attached hydrogen (secondary N) is 1. The Morgan fingerprint density at radius 1 is 1.29 bits per heavy atom. The van der Waals surface area contributed by atoms with Crippen molar-refractivity contribution in [1.29, 1.82) is 0 Å². The van der Waals surface area contributed by atoms with Crippen LogP contribution in [0.25, 0.3) is 0 Å². The van der Waals surface area contributed by atoms with E-state index in [9.17, 15) is 9.90 Å². The highest BCUT2D eigenvalue weighted by Gasteiger charge is 2.09. The van der Waals surface area contributed by atoms with Gasteiger partial charge in [0.15, 0.2) is 0 Å². The Balaban J connectivity index is 1.65. The molecular weight excluding hydrogens is 302 g/mol. The smallest absolute Gasteiger partial charge is 0.230 e. The predicted molar refractivity (Wildman–Crippen MR) is 89.6 cm³/mol.